The Morgan fingerprint density at radius 1 is 1.31 bits per heavy atom. The Hall–Kier alpha value is -2.21. The first kappa shape index (κ1) is 20.1. The molecule has 0 bridgehead atoms. The van der Waals surface area contributed by atoms with Gasteiger partial charge in [-0.3, -0.25) is 4.79 Å². The summed E-state index contributed by atoms with van der Waals surface area (Å²) in [6, 6.07) is 7.84. The summed E-state index contributed by atoms with van der Waals surface area (Å²) in [5.41, 5.74) is 1.78. The van der Waals surface area contributed by atoms with Crippen molar-refractivity contribution in [3.8, 4) is 0 Å². The summed E-state index contributed by atoms with van der Waals surface area (Å²) in [7, 11) is 0. The van der Waals surface area contributed by atoms with Crippen molar-refractivity contribution in [2.24, 2.45) is 5.92 Å². The summed E-state index contributed by atoms with van der Waals surface area (Å²) in [4.78, 5) is 19.4. The van der Waals surface area contributed by atoms with Crippen LogP contribution < -0.4 is 0 Å². The maximum atomic E-state index is 12.8. The monoisotopic (exact) mass is 397 g/mol. The normalized spacial score (nSPS) is 21.7. The van der Waals surface area contributed by atoms with E-state index in [4.69, 9.17) is 9.26 Å². The third kappa shape index (κ3) is 4.53. The first-order valence-corrected chi connectivity index (χ1v) is 10.8. The van der Waals surface area contributed by atoms with Gasteiger partial charge in [0.05, 0.1) is 5.60 Å². The maximum absolute atomic E-state index is 12.8. The average Bonchev–Trinajstić information content (AvgIpc) is 3.17. The van der Waals surface area contributed by atoms with E-state index in [2.05, 4.69) is 24.0 Å². The lowest BCUT2D eigenvalue weighted by Crippen LogP contribution is -2.51. The molecule has 1 unspecified atom stereocenters. The zero-order valence-electron chi connectivity index (χ0n) is 17.7. The molecule has 1 spiro atoms. The van der Waals surface area contributed by atoms with E-state index in [0.717, 1.165) is 68.8 Å². The Kier molecular flexibility index (Phi) is 5.72. The Morgan fingerprint density at radius 3 is 2.79 bits per heavy atom. The molecule has 0 N–H and O–H groups in total. The zero-order valence-corrected chi connectivity index (χ0v) is 17.7. The van der Waals surface area contributed by atoms with Crippen molar-refractivity contribution in [3.63, 3.8) is 0 Å². The van der Waals surface area contributed by atoms with Crippen molar-refractivity contribution in [3.05, 3.63) is 47.1 Å². The Labute approximate surface area is 172 Å². The number of aryl methyl sites for hydroxylation is 1. The first-order valence-electron chi connectivity index (χ1n) is 10.8. The van der Waals surface area contributed by atoms with Gasteiger partial charge in [0.1, 0.15) is 0 Å². The minimum Gasteiger partial charge on any atom is -0.375 e. The molecule has 2 saturated heterocycles. The van der Waals surface area contributed by atoms with Crippen molar-refractivity contribution in [2.45, 2.75) is 64.4 Å². The van der Waals surface area contributed by atoms with Gasteiger partial charge in [0, 0.05) is 37.6 Å². The van der Waals surface area contributed by atoms with Crippen LogP contribution in [0.4, 0.5) is 0 Å². The number of nitrogens with zero attached hydrogens (tertiary/aromatic N) is 3. The molecule has 6 nitrogen and oxygen atoms in total. The van der Waals surface area contributed by atoms with Crippen molar-refractivity contribution in [2.75, 3.05) is 19.7 Å². The number of carbonyl (C=O) groups is 1. The number of piperidine rings is 1. The maximum Gasteiger partial charge on any atom is 0.253 e. The van der Waals surface area contributed by atoms with E-state index in [1.165, 1.54) is 0 Å². The number of hydrogen-bond acceptors (Lipinski definition) is 5. The number of amides is 1. The van der Waals surface area contributed by atoms with Gasteiger partial charge >= 0.3 is 0 Å². The highest BCUT2D eigenvalue weighted by molar-refractivity contribution is 5.94. The minimum absolute atomic E-state index is 0.114. The number of aromatic nitrogens is 2. The largest absolute Gasteiger partial charge is 0.375 e. The second kappa shape index (κ2) is 8.27. The van der Waals surface area contributed by atoms with Crippen LogP contribution in [0.15, 0.2) is 28.8 Å². The van der Waals surface area contributed by atoms with Gasteiger partial charge in [-0.25, -0.2) is 0 Å². The molecule has 1 aromatic carbocycles. The minimum atomic E-state index is -0.114. The third-order valence-corrected chi connectivity index (χ3v) is 6.27. The van der Waals surface area contributed by atoms with E-state index in [1.54, 1.807) is 0 Å². The number of benzene rings is 1. The number of rotatable bonds is 4. The molecule has 3 heterocycles. The molecule has 1 aromatic heterocycles. The number of carbonyl (C=O) groups excluding carboxylic acids is 1. The summed E-state index contributed by atoms with van der Waals surface area (Å²) >= 11 is 0. The van der Waals surface area contributed by atoms with Crippen molar-refractivity contribution in [1.82, 2.24) is 15.0 Å². The number of ether oxygens (including phenoxy) is 1. The van der Waals surface area contributed by atoms with Gasteiger partial charge in [-0.1, -0.05) is 36.7 Å². The van der Waals surface area contributed by atoms with Gasteiger partial charge in [-0.2, -0.15) is 4.98 Å². The highest BCUT2D eigenvalue weighted by Crippen LogP contribution is 2.39. The van der Waals surface area contributed by atoms with E-state index in [0.29, 0.717) is 11.8 Å². The van der Waals surface area contributed by atoms with Crippen LogP contribution in [0.2, 0.25) is 0 Å². The fourth-order valence-electron chi connectivity index (χ4n) is 4.57. The summed E-state index contributed by atoms with van der Waals surface area (Å²) in [6.07, 6.45) is 4.66. The summed E-state index contributed by atoms with van der Waals surface area (Å²) in [5, 5.41) is 4.16. The first-order chi connectivity index (χ1) is 13.9. The predicted molar refractivity (Wildman–Crippen MR) is 110 cm³/mol. The molecule has 2 aliphatic heterocycles. The second-order valence-electron chi connectivity index (χ2n) is 8.96. The molecule has 2 fully saturated rings. The van der Waals surface area contributed by atoms with E-state index >= 15 is 0 Å². The molecular formula is C23H31N3O3. The summed E-state index contributed by atoms with van der Waals surface area (Å²) in [5.74, 6) is 2.41. The lowest BCUT2D eigenvalue weighted by atomic mass is 9.78. The molecule has 0 aliphatic carbocycles. The molecule has 156 valence electrons. The van der Waals surface area contributed by atoms with Crippen LogP contribution >= 0.6 is 0 Å². The standard InChI is InChI=1S/C23H31N3O3/c1-16(2)21-24-20(25-29-21)14-18-7-12-28-23(15-18)8-10-26(11-9-23)22(27)19-6-4-5-17(3)13-19/h4-6,13,16,18H,7-12,14-15H2,1-3H3. The van der Waals surface area contributed by atoms with Gasteiger partial charge in [0.25, 0.3) is 5.91 Å². The molecule has 0 saturated carbocycles. The van der Waals surface area contributed by atoms with E-state index in [-0.39, 0.29) is 17.4 Å². The van der Waals surface area contributed by atoms with Gasteiger partial charge < -0.3 is 14.2 Å². The Morgan fingerprint density at radius 2 is 2.10 bits per heavy atom. The van der Waals surface area contributed by atoms with E-state index in [1.807, 2.05) is 36.1 Å². The number of hydrogen-bond donors (Lipinski definition) is 0. The smallest absolute Gasteiger partial charge is 0.253 e. The van der Waals surface area contributed by atoms with Gasteiger partial charge in [-0.05, 0) is 50.7 Å². The van der Waals surface area contributed by atoms with Crippen LogP contribution in [0, 0.1) is 12.8 Å². The molecule has 4 rings (SSSR count). The van der Waals surface area contributed by atoms with Crippen LogP contribution in [-0.4, -0.2) is 46.2 Å². The molecule has 2 aliphatic rings. The van der Waals surface area contributed by atoms with Crippen LogP contribution in [0.5, 0.6) is 0 Å². The topological polar surface area (TPSA) is 68.5 Å². The highest BCUT2D eigenvalue weighted by atomic mass is 16.5. The van der Waals surface area contributed by atoms with Crippen LogP contribution in [0.3, 0.4) is 0 Å². The van der Waals surface area contributed by atoms with Gasteiger partial charge in [0.15, 0.2) is 5.82 Å². The zero-order chi connectivity index (χ0) is 20.4. The SMILES string of the molecule is Cc1cccc(C(=O)N2CCC3(CC2)CC(Cc2noc(C(C)C)n2)CCO3)c1. The van der Waals surface area contributed by atoms with Crippen molar-refractivity contribution in [1.29, 1.82) is 0 Å². The quantitative estimate of drug-likeness (QED) is 0.775. The molecule has 2 aromatic rings. The lowest BCUT2D eigenvalue weighted by Gasteiger charge is -2.46. The molecule has 0 radical (unpaired) electrons. The predicted octanol–water partition coefficient (Wildman–Crippen LogP) is 4.15. The fraction of sp³-hybridized carbons (Fsp3) is 0.609. The van der Waals surface area contributed by atoms with Crippen molar-refractivity contribution >= 4 is 5.91 Å². The van der Waals surface area contributed by atoms with E-state index in [9.17, 15) is 4.79 Å². The van der Waals surface area contributed by atoms with Crippen LogP contribution in [0.25, 0.3) is 0 Å². The van der Waals surface area contributed by atoms with Crippen molar-refractivity contribution < 1.29 is 14.1 Å². The molecule has 6 heteroatoms. The summed E-state index contributed by atoms with van der Waals surface area (Å²) in [6.45, 7) is 8.41. The van der Waals surface area contributed by atoms with Gasteiger partial charge in [0.2, 0.25) is 5.89 Å². The second-order valence-corrected chi connectivity index (χ2v) is 8.96. The lowest BCUT2D eigenvalue weighted by molar-refractivity contribution is -0.123. The van der Waals surface area contributed by atoms with Crippen LogP contribution in [-0.2, 0) is 11.2 Å². The van der Waals surface area contributed by atoms with E-state index < -0.39 is 0 Å². The average molecular weight is 398 g/mol. The molecule has 1 amide bonds. The highest BCUT2D eigenvalue weighted by Gasteiger charge is 2.41. The molecular weight excluding hydrogens is 366 g/mol. The third-order valence-electron chi connectivity index (χ3n) is 6.27. The Bertz CT molecular complexity index is 853. The Balaban J connectivity index is 1.35. The summed E-state index contributed by atoms with van der Waals surface area (Å²) < 4.78 is 11.6. The molecule has 29 heavy (non-hydrogen) atoms. The fourth-order valence-corrected chi connectivity index (χ4v) is 4.57. The molecule has 1 atom stereocenters. The number of likely N-dealkylation sites (tertiary alicyclic amines) is 1. The van der Waals surface area contributed by atoms with Gasteiger partial charge in [-0.15, -0.1) is 0 Å². The van der Waals surface area contributed by atoms with Crippen LogP contribution in [0.1, 0.15) is 73.1 Å².